The van der Waals surface area contributed by atoms with Gasteiger partial charge < -0.3 is 15.3 Å². The van der Waals surface area contributed by atoms with Crippen LogP contribution in [0.5, 0.6) is 0 Å². The average molecular weight is 269 g/mol. The van der Waals surface area contributed by atoms with Crippen LogP contribution in [0, 0.1) is 0 Å². The number of hydrogen-bond acceptors (Lipinski definition) is 4. The van der Waals surface area contributed by atoms with E-state index in [4.69, 9.17) is 0 Å². The lowest BCUT2D eigenvalue weighted by atomic mass is 9.78. The summed E-state index contributed by atoms with van der Waals surface area (Å²) in [5, 5.41) is 13.1. The van der Waals surface area contributed by atoms with Gasteiger partial charge in [-0.3, -0.25) is 4.90 Å². The van der Waals surface area contributed by atoms with Crippen molar-refractivity contribution in [3.05, 3.63) is 0 Å². The molecule has 0 aromatic heterocycles. The van der Waals surface area contributed by atoms with Crippen LogP contribution in [-0.2, 0) is 0 Å². The molecule has 1 saturated carbocycles. The van der Waals surface area contributed by atoms with Gasteiger partial charge in [0.1, 0.15) is 0 Å². The molecule has 1 aliphatic carbocycles. The fraction of sp³-hybridized carbons (Fsp3) is 1.00. The van der Waals surface area contributed by atoms with Gasteiger partial charge in [0, 0.05) is 37.3 Å². The SMILES string of the molecule is CCC1CN(C2CCCC(CO)(NC)C2)CCN1C. The zero-order chi connectivity index (χ0) is 13.9. The monoisotopic (exact) mass is 269 g/mol. The molecule has 3 atom stereocenters. The lowest BCUT2D eigenvalue weighted by Crippen LogP contribution is -2.59. The second-order valence-corrected chi connectivity index (χ2v) is 6.48. The summed E-state index contributed by atoms with van der Waals surface area (Å²) in [4.78, 5) is 5.17. The number of likely N-dealkylation sites (N-methyl/N-ethyl adjacent to an activating group) is 2. The summed E-state index contributed by atoms with van der Waals surface area (Å²) in [6.45, 7) is 6.12. The number of nitrogens with one attached hydrogen (secondary N) is 1. The first kappa shape index (κ1) is 15.2. The van der Waals surface area contributed by atoms with E-state index in [9.17, 15) is 5.11 Å². The number of aliphatic hydroxyl groups excluding tert-OH is 1. The van der Waals surface area contributed by atoms with Crippen LogP contribution in [-0.4, -0.2) is 72.9 Å². The molecule has 1 saturated heterocycles. The highest BCUT2D eigenvalue weighted by Gasteiger charge is 2.38. The number of hydrogen-bond donors (Lipinski definition) is 2. The predicted molar refractivity (Wildman–Crippen MR) is 79.4 cm³/mol. The zero-order valence-corrected chi connectivity index (χ0v) is 12.9. The molecule has 2 fully saturated rings. The van der Waals surface area contributed by atoms with Crippen molar-refractivity contribution < 1.29 is 5.11 Å². The van der Waals surface area contributed by atoms with Gasteiger partial charge in [-0.05, 0) is 46.2 Å². The minimum absolute atomic E-state index is 0.0338. The lowest BCUT2D eigenvalue weighted by molar-refractivity contribution is 0.0180. The Morgan fingerprint density at radius 2 is 2.16 bits per heavy atom. The van der Waals surface area contributed by atoms with Gasteiger partial charge in [0.2, 0.25) is 0 Å². The standard InChI is InChI=1S/C15H31N3O/c1-4-13-11-18(9-8-17(13)3)14-6-5-7-15(10-14,12-19)16-2/h13-14,16,19H,4-12H2,1-3H3. The van der Waals surface area contributed by atoms with Crippen LogP contribution in [0.2, 0.25) is 0 Å². The molecule has 112 valence electrons. The number of nitrogens with zero attached hydrogens (tertiary/aromatic N) is 2. The molecule has 0 bridgehead atoms. The van der Waals surface area contributed by atoms with E-state index < -0.39 is 0 Å². The predicted octanol–water partition coefficient (Wildman–Crippen LogP) is 0.906. The van der Waals surface area contributed by atoms with Crippen molar-refractivity contribution in [1.82, 2.24) is 15.1 Å². The van der Waals surface area contributed by atoms with E-state index >= 15 is 0 Å². The molecule has 4 heteroatoms. The maximum atomic E-state index is 9.71. The molecular weight excluding hydrogens is 238 g/mol. The Bertz CT molecular complexity index is 281. The Kier molecular flexibility index (Phi) is 5.23. The molecule has 3 unspecified atom stereocenters. The molecule has 2 N–H and O–H groups in total. The summed E-state index contributed by atoms with van der Waals surface area (Å²) in [5.74, 6) is 0. The zero-order valence-electron chi connectivity index (χ0n) is 12.9. The molecule has 1 heterocycles. The van der Waals surface area contributed by atoms with Gasteiger partial charge in [0.25, 0.3) is 0 Å². The summed E-state index contributed by atoms with van der Waals surface area (Å²) in [6, 6.07) is 1.35. The van der Waals surface area contributed by atoms with Crippen molar-refractivity contribution in [2.24, 2.45) is 0 Å². The van der Waals surface area contributed by atoms with Gasteiger partial charge in [0.05, 0.1) is 6.61 Å². The minimum atomic E-state index is -0.0338. The minimum Gasteiger partial charge on any atom is -0.394 e. The molecular formula is C15H31N3O. The van der Waals surface area contributed by atoms with Crippen molar-refractivity contribution in [2.75, 3.05) is 40.3 Å². The van der Waals surface area contributed by atoms with Gasteiger partial charge in [-0.15, -0.1) is 0 Å². The van der Waals surface area contributed by atoms with E-state index in [1.54, 1.807) is 0 Å². The first-order chi connectivity index (χ1) is 9.14. The van der Waals surface area contributed by atoms with Gasteiger partial charge in [-0.2, -0.15) is 0 Å². The summed E-state index contributed by atoms with van der Waals surface area (Å²) in [6.07, 6.45) is 5.97. The molecule has 0 radical (unpaired) electrons. The lowest BCUT2D eigenvalue weighted by Gasteiger charge is -2.48. The third kappa shape index (κ3) is 3.30. The second-order valence-electron chi connectivity index (χ2n) is 6.48. The number of aliphatic hydroxyl groups is 1. The highest BCUT2D eigenvalue weighted by Crippen LogP contribution is 2.32. The van der Waals surface area contributed by atoms with E-state index in [1.807, 2.05) is 7.05 Å². The Balaban J connectivity index is 1.97. The normalized spacial score (nSPS) is 38.5. The van der Waals surface area contributed by atoms with Crippen molar-refractivity contribution in [3.63, 3.8) is 0 Å². The number of piperazine rings is 1. The van der Waals surface area contributed by atoms with Crippen LogP contribution in [0.1, 0.15) is 39.0 Å². The van der Waals surface area contributed by atoms with Crippen molar-refractivity contribution in [2.45, 2.75) is 56.7 Å². The highest BCUT2D eigenvalue weighted by molar-refractivity contribution is 4.97. The third-order valence-electron chi connectivity index (χ3n) is 5.45. The average Bonchev–Trinajstić information content (AvgIpc) is 2.47. The van der Waals surface area contributed by atoms with Crippen LogP contribution < -0.4 is 5.32 Å². The highest BCUT2D eigenvalue weighted by atomic mass is 16.3. The molecule has 0 amide bonds. The van der Waals surface area contributed by atoms with Gasteiger partial charge >= 0.3 is 0 Å². The van der Waals surface area contributed by atoms with E-state index in [1.165, 1.54) is 38.9 Å². The second kappa shape index (κ2) is 6.53. The summed E-state index contributed by atoms with van der Waals surface area (Å²) >= 11 is 0. The maximum Gasteiger partial charge on any atom is 0.0613 e. The Hall–Kier alpha value is -0.160. The third-order valence-corrected chi connectivity index (χ3v) is 5.45. The van der Waals surface area contributed by atoms with Crippen LogP contribution in [0.15, 0.2) is 0 Å². The van der Waals surface area contributed by atoms with E-state index in [0.717, 1.165) is 12.8 Å². The Morgan fingerprint density at radius 1 is 1.37 bits per heavy atom. The van der Waals surface area contributed by atoms with Gasteiger partial charge in [-0.1, -0.05) is 6.92 Å². The van der Waals surface area contributed by atoms with Crippen LogP contribution in [0.25, 0.3) is 0 Å². The molecule has 1 aliphatic heterocycles. The first-order valence-corrected chi connectivity index (χ1v) is 7.88. The molecule has 19 heavy (non-hydrogen) atoms. The van der Waals surface area contributed by atoms with Crippen molar-refractivity contribution >= 4 is 0 Å². The quantitative estimate of drug-likeness (QED) is 0.795. The van der Waals surface area contributed by atoms with E-state index in [2.05, 4.69) is 29.1 Å². The molecule has 0 aromatic rings. The number of rotatable bonds is 4. The fourth-order valence-corrected chi connectivity index (χ4v) is 3.84. The summed E-state index contributed by atoms with van der Waals surface area (Å²) < 4.78 is 0. The smallest absolute Gasteiger partial charge is 0.0613 e. The largest absolute Gasteiger partial charge is 0.394 e. The van der Waals surface area contributed by atoms with E-state index in [-0.39, 0.29) is 12.1 Å². The summed E-state index contributed by atoms with van der Waals surface area (Å²) in [5.41, 5.74) is -0.0338. The van der Waals surface area contributed by atoms with Crippen molar-refractivity contribution in [1.29, 1.82) is 0 Å². The van der Waals surface area contributed by atoms with Crippen LogP contribution >= 0.6 is 0 Å². The molecule has 0 spiro atoms. The molecule has 4 nitrogen and oxygen atoms in total. The maximum absolute atomic E-state index is 9.71. The fourth-order valence-electron chi connectivity index (χ4n) is 3.84. The van der Waals surface area contributed by atoms with Gasteiger partial charge in [-0.25, -0.2) is 0 Å². The Morgan fingerprint density at radius 3 is 2.79 bits per heavy atom. The molecule has 2 aliphatic rings. The molecule has 0 aromatic carbocycles. The van der Waals surface area contributed by atoms with Crippen molar-refractivity contribution in [3.8, 4) is 0 Å². The Labute approximate surface area is 118 Å². The van der Waals surface area contributed by atoms with E-state index in [0.29, 0.717) is 12.1 Å². The summed E-state index contributed by atoms with van der Waals surface area (Å²) in [7, 11) is 4.25. The molecule has 2 rings (SSSR count). The van der Waals surface area contributed by atoms with Gasteiger partial charge in [0.15, 0.2) is 0 Å². The van der Waals surface area contributed by atoms with Crippen LogP contribution in [0.4, 0.5) is 0 Å². The topological polar surface area (TPSA) is 38.7 Å². The van der Waals surface area contributed by atoms with Crippen LogP contribution in [0.3, 0.4) is 0 Å². The first-order valence-electron chi connectivity index (χ1n) is 7.88.